The topological polar surface area (TPSA) is 73.9 Å². The fraction of sp³-hybridized carbons (Fsp3) is 0.667. The zero-order chi connectivity index (χ0) is 21.1. The number of ether oxygens (including phenoxy) is 3. The number of hydrogen-bond acceptors (Lipinski definition) is 5. The minimum atomic E-state index is -0.570. The number of para-hydroxylation sites is 2. The number of carbonyl (C=O) groups excluding carboxylic acids is 2. The molecule has 164 valence electrons. The highest BCUT2D eigenvalue weighted by atomic mass is 16.6. The number of nitrogens with one attached hydrogen (secondary N) is 1. The maximum Gasteiger partial charge on any atom is 0.344 e. The van der Waals surface area contributed by atoms with E-state index in [1.807, 2.05) is 19.1 Å². The number of amides is 1. The molecule has 4 bridgehead atoms. The molecular formula is C24H33NO5. The summed E-state index contributed by atoms with van der Waals surface area (Å²) in [6.07, 6.45) is 7.83. The Balaban J connectivity index is 1.22. The highest BCUT2D eigenvalue weighted by Crippen LogP contribution is 2.61. The number of esters is 1. The van der Waals surface area contributed by atoms with Gasteiger partial charge in [-0.1, -0.05) is 12.1 Å². The molecule has 0 radical (unpaired) electrons. The summed E-state index contributed by atoms with van der Waals surface area (Å²) in [4.78, 5) is 24.4. The van der Waals surface area contributed by atoms with Crippen LogP contribution in [0.4, 0.5) is 0 Å². The first-order chi connectivity index (χ1) is 14.5. The second-order valence-electron chi connectivity index (χ2n) is 9.40. The molecule has 1 amide bonds. The maximum absolute atomic E-state index is 12.4. The second kappa shape index (κ2) is 8.86. The lowest BCUT2D eigenvalue weighted by atomic mass is 9.48. The molecule has 6 nitrogen and oxygen atoms in total. The van der Waals surface area contributed by atoms with E-state index in [1.165, 1.54) is 38.5 Å². The maximum atomic E-state index is 12.4. The fourth-order valence-corrected chi connectivity index (χ4v) is 6.31. The zero-order valence-electron chi connectivity index (χ0n) is 18.0. The highest BCUT2D eigenvalue weighted by molar-refractivity contribution is 5.81. The van der Waals surface area contributed by atoms with Crippen LogP contribution in [0.5, 0.6) is 11.5 Å². The minimum Gasteiger partial charge on any atom is -0.490 e. The summed E-state index contributed by atoms with van der Waals surface area (Å²) in [5, 5.41) is 3.11. The van der Waals surface area contributed by atoms with Crippen molar-refractivity contribution < 1.29 is 23.8 Å². The summed E-state index contributed by atoms with van der Waals surface area (Å²) in [6.45, 7) is 3.98. The molecule has 1 aromatic carbocycles. The van der Waals surface area contributed by atoms with Crippen LogP contribution in [-0.2, 0) is 14.3 Å². The lowest BCUT2D eigenvalue weighted by molar-refractivity contribution is -0.151. The summed E-state index contributed by atoms with van der Waals surface area (Å²) in [5.74, 6) is 2.77. The van der Waals surface area contributed by atoms with E-state index in [-0.39, 0.29) is 30.6 Å². The van der Waals surface area contributed by atoms with Gasteiger partial charge in [0.2, 0.25) is 0 Å². The Morgan fingerprint density at radius 1 is 1.00 bits per heavy atom. The van der Waals surface area contributed by atoms with Crippen molar-refractivity contribution in [3.63, 3.8) is 0 Å². The van der Waals surface area contributed by atoms with Gasteiger partial charge in [0.15, 0.2) is 24.7 Å². The Hall–Kier alpha value is -2.24. The molecule has 0 saturated heterocycles. The van der Waals surface area contributed by atoms with E-state index in [0.29, 0.717) is 18.1 Å². The normalized spacial score (nSPS) is 29.9. The van der Waals surface area contributed by atoms with Crippen molar-refractivity contribution in [3.8, 4) is 11.5 Å². The Bertz CT molecular complexity index is 741. The molecule has 4 aliphatic carbocycles. The first-order valence-corrected chi connectivity index (χ1v) is 11.3. The van der Waals surface area contributed by atoms with Crippen molar-refractivity contribution in [1.82, 2.24) is 5.32 Å². The molecule has 4 fully saturated rings. The zero-order valence-corrected chi connectivity index (χ0v) is 18.0. The number of carbonyl (C=O) groups is 2. The standard InChI is InChI=1S/C24H33NO5/c1-3-28-20-6-4-5-7-21(20)29-15-23(27)30-14-22(26)25-16(2)24-11-17-8-18(12-24)10-19(9-17)13-24/h4-7,16-19H,3,8-15H2,1-2H3,(H,25,26)/t16-,17?,18?,19?,24?/m0/s1. The van der Waals surface area contributed by atoms with E-state index in [9.17, 15) is 9.59 Å². The van der Waals surface area contributed by atoms with Gasteiger partial charge in [-0.3, -0.25) is 4.79 Å². The third kappa shape index (κ3) is 4.57. The summed E-state index contributed by atoms with van der Waals surface area (Å²) < 4.78 is 16.1. The van der Waals surface area contributed by atoms with Gasteiger partial charge in [-0.05, 0) is 87.7 Å². The van der Waals surface area contributed by atoms with Gasteiger partial charge in [0.25, 0.3) is 5.91 Å². The molecule has 4 aliphatic rings. The fourth-order valence-electron chi connectivity index (χ4n) is 6.31. The molecule has 0 unspecified atom stereocenters. The SMILES string of the molecule is CCOc1ccccc1OCC(=O)OCC(=O)N[C@@H](C)C12CC3CC(CC(C3)C1)C2. The van der Waals surface area contributed by atoms with Crippen molar-refractivity contribution >= 4 is 11.9 Å². The third-order valence-corrected chi connectivity index (χ3v) is 7.24. The van der Waals surface area contributed by atoms with E-state index in [0.717, 1.165) is 17.8 Å². The molecule has 30 heavy (non-hydrogen) atoms. The van der Waals surface area contributed by atoms with Crippen LogP contribution < -0.4 is 14.8 Å². The second-order valence-corrected chi connectivity index (χ2v) is 9.40. The largest absolute Gasteiger partial charge is 0.490 e. The lowest BCUT2D eigenvalue weighted by Crippen LogP contribution is -2.56. The molecule has 6 heteroatoms. The van der Waals surface area contributed by atoms with Crippen LogP contribution in [-0.4, -0.2) is 37.7 Å². The summed E-state index contributed by atoms with van der Waals surface area (Å²) in [7, 11) is 0. The Morgan fingerprint density at radius 2 is 1.57 bits per heavy atom. The van der Waals surface area contributed by atoms with Gasteiger partial charge in [-0.25, -0.2) is 4.79 Å². The molecule has 0 aliphatic heterocycles. The first-order valence-electron chi connectivity index (χ1n) is 11.3. The quantitative estimate of drug-likeness (QED) is 0.622. The lowest BCUT2D eigenvalue weighted by Gasteiger charge is -2.59. The monoisotopic (exact) mass is 415 g/mol. The number of hydrogen-bond donors (Lipinski definition) is 1. The van der Waals surface area contributed by atoms with Gasteiger partial charge in [-0.2, -0.15) is 0 Å². The molecular weight excluding hydrogens is 382 g/mol. The molecule has 0 heterocycles. The Labute approximate surface area is 178 Å². The molecule has 0 aromatic heterocycles. The summed E-state index contributed by atoms with van der Waals surface area (Å²) in [6, 6.07) is 7.28. The third-order valence-electron chi connectivity index (χ3n) is 7.24. The van der Waals surface area contributed by atoms with Gasteiger partial charge in [0.05, 0.1) is 6.61 Å². The van der Waals surface area contributed by atoms with Crippen molar-refractivity contribution in [2.24, 2.45) is 23.2 Å². The van der Waals surface area contributed by atoms with Gasteiger partial charge in [0, 0.05) is 6.04 Å². The van der Waals surface area contributed by atoms with Crippen molar-refractivity contribution in [2.75, 3.05) is 19.8 Å². The van der Waals surface area contributed by atoms with Crippen LogP contribution in [0.15, 0.2) is 24.3 Å². The highest BCUT2D eigenvalue weighted by Gasteiger charge is 2.53. The molecule has 1 N–H and O–H groups in total. The van der Waals surface area contributed by atoms with Gasteiger partial charge in [0.1, 0.15) is 0 Å². The Kier molecular flexibility index (Phi) is 6.21. The first kappa shape index (κ1) is 21.0. The van der Waals surface area contributed by atoms with Crippen molar-refractivity contribution in [2.45, 2.75) is 58.4 Å². The van der Waals surface area contributed by atoms with Crippen molar-refractivity contribution in [1.29, 1.82) is 0 Å². The summed E-state index contributed by atoms with van der Waals surface area (Å²) in [5.41, 5.74) is 0.237. The smallest absolute Gasteiger partial charge is 0.344 e. The minimum absolute atomic E-state index is 0.117. The Morgan fingerprint density at radius 3 is 2.13 bits per heavy atom. The van der Waals surface area contributed by atoms with E-state index in [2.05, 4.69) is 12.2 Å². The van der Waals surface area contributed by atoms with Crippen LogP contribution in [0.2, 0.25) is 0 Å². The molecule has 0 spiro atoms. The molecule has 1 aromatic rings. The predicted octanol–water partition coefficient (Wildman–Crippen LogP) is 3.73. The van der Waals surface area contributed by atoms with Crippen LogP contribution in [0, 0.1) is 23.2 Å². The van der Waals surface area contributed by atoms with Crippen molar-refractivity contribution in [3.05, 3.63) is 24.3 Å². The van der Waals surface area contributed by atoms with E-state index >= 15 is 0 Å². The average molecular weight is 416 g/mol. The average Bonchev–Trinajstić information content (AvgIpc) is 2.71. The van der Waals surface area contributed by atoms with Crippen LogP contribution in [0.3, 0.4) is 0 Å². The van der Waals surface area contributed by atoms with E-state index < -0.39 is 5.97 Å². The molecule has 5 rings (SSSR count). The predicted molar refractivity (Wildman–Crippen MR) is 112 cm³/mol. The molecule has 1 atom stereocenters. The number of benzene rings is 1. The van der Waals surface area contributed by atoms with Crippen LogP contribution in [0.1, 0.15) is 52.4 Å². The van der Waals surface area contributed by atoms with Gasteiger partial charge >= 0.3 is 5.97 Å². The van der Waals surface area contributed by atoms with Crippen LogP contribution >= 0.6 is 0 Å². The van der Waals surface area contributed by atoms with Gasteiger partial charge < -0.3 is 19.5 Å². The van der Waals surface area contributed by atoms with E-state index in [4.69, 9.17) is 14.2 Å². The number of rotatable bonds is 9. The van der Waals surface area contributed by atoms with Crippen LogP contribution in [0.25, 0.3) is 0 Å². The summed E-state index contributed by atoms with van der Waals surface area (Å²) >= 11 is 0. The van der Waals surface area contributed by atoms with E-state index in [1.54, 1.807) is 12.1 Å². The van der Waals surface area contributed by atoms with Gasteiger partial charge in [-0.15, -0.1) is 0 Å². The molecule has 4 saturated carbocycles.